The van der Waals surface area contributed by atoms with Crippen molar-refractivity contribution in [3.05, 3.63) is 96.1 Å². The maximum absolute atomic E-state index is 12.5. The Bertz CT molecular complexity index is 986. The normalized spacial score (nSPS) is 15.2. The summed E-state index contributed by atoms with van der Waals surface area (Å²) in [7, 11) is 0. The number of nitrogens with zero attached hydrogens (tertiary/aromatic N) is 2. The molecule has 3 aromatic rings. The maximum Gasteiger partial charge on any atom is 0.261 e. The molecule has 1 amide bonds. The van der Waals surface area contributed by atoms with Gasteiger partial charge in [0.15, 0.2) is 6.10 Å². The molecule has 0 spiro atoms. The number of para-hydroxylation sites is 2. The van der Waals surface area contributed by atoms with Crippen molar-refractivity contribution in [2.24, 2.45) is 0 Å². The summed E-state index contributed by atoms with van der Waals surface area (Å²) in [5.41, 5.74) is 3.71. The Morgan fingerprint density at radius 3 is 2.12 bits per heavy atom. The Hall–Kier alpha value is -3.31. The Morgan fingerprint density at radius 1 is 0.844 bits per heavy atom. The molecular formula is C27H31N3O2. The van der Waals surface area contributed by atoms with Crippen LogP contribution in [0.2, 0.25) is 0 Å². The van der Waals surface area contributed by atoms with Gasteiger partial charge < -0.3 is 15.0 Å². The minimum Gasteiger partial charge on any atom is -0.481 e. The summed E-state index contributed by atoms with van der Waals surface area (Å²) in [6.07, 6.45) is -0.546. The highest BCUT2D eigenvalue weighted by atomic mass is 16.5. The Kier molecular flexibility index (Phi) is 7.41. The molecule has 3 aromatic carbocycles. The fourth-order valence-electron chi connectivity index (χ4n) is 4.01. The first-order valence-electron chi connectivity index (χ1n) is 11.3. The molecule has 0 bridgehead atoms. The Balaban J connectivity index is 1.29. The van der Waals surface area contributed by atoms with Crippen molar-refractivity contribution < 1.29 is 9.53 Å². The smallest absolute Gasteiger partial charge is 0.261 e. The van der Waals surface area contributed by atoms with Gasteiger partial charge in [-0.3, -0.25) is 9.69 Å². The van der Waals surface area contributed by atoms with E-state index in [0.717, 1.165) is 38.3 Å². The zero-order valence-corrected chi connectivity index (χ0v) is 18.6. The number of piperazine rings is 1. The molecule has 1 fully saturated rings. The van der Waals surface area contributed by atoms with Crippen LogP contribution in [0.4, 0.5) is 5.69 Å². The molecule has 0 unspecified atom stereocenters. The van der Waals surface area contributed by atoms with E-state index in [4.69, 9.17) is 4.74 Å². The summed E-state index contributed by atoms with van der Waals surface area (Å²) >= 11 is 0. The molecule has 0 aromatic heterocycles. The van der Waals surface area contributed by atoms with Gasteiger partial charge in [0.2, 0.25) is 0 Å². The average molecular weight is 430 g/mol. The molecule has 0 radical (unpaired) electrons. The largest absolute Gasteiger partial charge is 0.481 e. The molecule has 1 aliphatic rings. The van der Waals surface area contributed by atoms with Crippen molar-refractivity contribution in [2.45, 2.75) is 26.1 Å². The second-order valence-corrected chi connectivity index (χ2v) is 8.16. The number of hydrogen-bond donors (Lipinski definition) is 1. The van der Waals surface area contributed by atoms with Crippen molar-refractivity contribution in [1.82, 2.24) is 10.2 Å². The highest BCUT2D eigenvalue weighted by Gasteiger charge is 2.19. The van der Waals surface area contributed by atoms with Crippen LogP contribution in [0.5, 0.6) is 5.75 Å². The van der Waals surface area contributed by atoms with Gasteiger partial charge in [-0.25, -0.2) is 0 Å². The van der Waals surface area contributed by atoms with E-state index in [1.54, 1.807) is 6.92 Å². The third-order valence-electron chi connectivity index (χ3n) is 5.88. The Labute approximate surface area is 190 Å². The molecule has 1 N–H and O–H groups in total. The van der Waals surface area contributed by atoms with Gasteiger partial charge in [-0.2, -0.15) is 0 Å². The molecule has 1 heterocycles. The van der Waals surface area contributed by atoms with E-state index in [0.29, 0.717) is 12.3 Å². The van der Waals surface area contributed by atoms with E-state index in [-0.39, 0.29) is 5.91 Å². The molecule has 166 valence electrons. The van der Waals surface area contributed by atoms with E-state index >= 15 is 0 Å². The molecule has 1 atom stereocenters. The van der Waals surface area contributed by atoms with Crippen LogP contribution in [0.3, 0.4) is 0 Å². The van der Waals surface area contributed by atoms with Crippen molar-refractivity contribution in [1.29, 1.82) is 0 Å². The van der Waals surface area contributed by atoms with Gasteiger partial charge >= 0.3 is 0 Å². The van der Waals surface area contributed by atoms with Crippen LogP contribution in [0.1, 0.15) is 18.1 Å². The molecule has 0 saturated carbocycles. The molecule has 1 aliphatic heterocycles. The highest BCUT2D eigenvalue weighted by Crippen LogP contribution is 2.18. The zero-order chi connectivity index (χ0) is 22.2. The van der Waals surface area contributed by atoms with Crippen molar-refractivity contribution in [3.63, 3.8) is 0 Å². The number of benzene rings is 3. The molecule has 0 aliphatic carbocycles. The lowest BCUT2D eigenvalue weighted by Crippen LogP contribution is -2.46. The van der Waals surface area contributed by atoms with Crippen LogP contribution >= 0.6 is 0 Å². The monoisotopic (exact) mass is 429 g/mol. The second-order valence-electron chi connectivity index (χ2n) is 8.16. The number of rotatable bonds is 8. The third-order valence-corrected chi connectivity index (χ3v) is 5.88. The van der Waals surface area contributed by atoms with E-state index in [9.17, 15) is 4.79 Å². The summed E-state index contributed by atoms with van der Waals surface area (Å²) < 4.78 is 5.74. The summed E-state index contributed by atoms with van der Waals surface area (Å²) in [5.74, 6) is 0.588. The zero-order valence-electron chi connectivity index (χ0n) is 18.6. The topological polar surface area (TPSA) is 44.8 Å². The first kappa shape index (κ1) is 21.9. The lowest BCUT2D eigenvalue weighted by molar-refractivity contribution is -0.127. The molecule has 32 heavy (non-hydrogen) atoms. The minimum atomic E-state index is -0.546. The highest BCUT2D eigenvalue weighted by molar-refractivity contribution is 5.80. The van der Waals surface area contributed by atoms with E-state index in [2.05, 4.69) is 63.6 Å². The first-order chi connectivity index (χ1) is 15.7. The van der Waals surface area contributed by atoms with Gasteiger partial charge in [0.05, 0.1) is 0 Å². The number of nitrogens with one attached hydrogen (secondary N) is 1. The standard InChI is InChI=1S/C27H31N3O2/c1-22(32-26-14-6-3-7-15-26)27(31)28-20-23-10-8-9-11-24(23)21-29-16-18-30(19-17-29)25-12-4-2-5-13-25/h2-15,22H,16-21H2,1H3,(H,28,31)/t22-/m1/s1. The number of carbonyl (C=O) groups is 1. The van der Waals surface area contributed by atoms with Gasteiger partial charge in [0.25, 0.3) is 5.91 Å². The predicted octanol–water partition coefficient (Wildman–Crippen LogP) is 4.09. The average Bonchev–Trinajstić information content (AvgIpc) is 2.85. The van der Waals surface area contributed by atoms with Gasteiger partial charge in [0, 0.05) is 45.0 Å². The lowest BCUT2D eigenvalue weighted by atomic mass is 10.1. The summed E-state index contributed by atoms with van der Waals surface area (Å²) in [6, 6.07) is 28.4. The van der Waals surface area contributed by atoms with Crippen LogP contribution in [-0.4, -0.2) is 43.1 Å². The lowest BCUT2D eigenvalue weighted by Gasteiger charge is -2.36. The minimum absolute atomic E-state index is 0.111. The fourth-order valence-corrected chi connectivity index (χ4v) is 4.01. The predicted molar refractivity (Wildman–Crippen MR) is 129 cm³/mol. The van der Waals surface area contributed by atoms with Crippen molar-refractivity contribution in [3.8, 4) is 5.75 Å². The Morgan fingerprint density at radius 2 is 1.44 bits per heavy atom. The van der Waals surface area contributed by atoms with Crippen molar-refractivity contribution in [2.75, 3.05) is 31.1 Å². The molecule has 5 heteroatoms. The number of carbonyl (C=O) groups excluding carboxylic acids is 1. The van der Waals surface area contributed by atoms with Gasteiger partial charge in [-0.1, -0.05) is 60.7 Å². The fraction of sp³-hybridized carbons (Fsp3) is 0.296. The summed E-state index contributed by atoms with van der Waals surface area (Å²) in [5, 5.41) is 3.03. The van der Waals surface area contributed by atoms with Crippen LogP contribution in [-0.2, 0) is 17.9 Å². The first-order valence-corrected chi connectivity index (χ1v) is 11.3. The van der Waals surface area contributed by atoms with E-state index < -0.39 is 6.10 Å². The van der Waals surface area contributed by atoms with Crippen LogP contribution in [0.25, 0.3) is 0 Å². The van der Waals surface area contributed by atoms with E-state index in [1.807, 2.05) is 36.4 Å². The van der Waals surface area contributed by atoms with Gasteiger partial charge in [-0.05, 0) is 42.3 Å². The summed E-state index contributed by atoms with van der Waals surface area (Å²) in [6.45, 7) is 7.27. The van der Waals surface area contributed by atoms with E-state index in [1.165, 1.54) is 11.3 Å². The third kappa shape index (κ3) is 5.89. The molecule has 4 rings (SSSR count). The summed E-state index contributed by atoms with van der Waals surface area (Å²) in [4.78, 5) is 17.5. The van der Waals surface area contributed by atoms with Crippen LogP contribution < -0.4 is 15.0 Å². The SMILES string of the molecule is C[C@@H](Oc1ccccc1)C(=O)NCc1ccccc1CN1CCN(c2ccccc2)CC1. The number of amides is 1. The maximum atomic E-state index is 12.5. The molecular weight excluding hydrogens is 398 g/mol. The molecule has 1 saturated heterocycles. The van der Waals surface area contributed by atoms with Crippen LogP contribution in [0.15, 0.2) is 84.9 Å². The van der Waals surface area contributed by atoms with Gasteiger partial charge in [0.1, 0.15) is 5.75 Å². The number of hydrogen-bond acceptors (Lipinski definition) is 4. The number of anilines is 1. The van der Waals surface area contributed by atoms with Crippen LogP contribution in [0, 0.1) is 0 Å². The quantitative estimate of drug-likeness (QED) is 0.586. The molecule has 5 nitrogen and oxygen atoms in total. The van der Waals surface area contributed by atoms with Gasteiger partial charge in [-0.15, -0.1) is 0 Å². The second kappa shape index (κ2) is 10.8. The number of ether oxygens (including phenoxy) is 1. The van der Waals surface area contributed by atoms with Crippen molar-refractivity contribution >= 4 is 11.6 Å².